The first-order valence-electron chi connectivity index (χ1n) is 11.2. The molecule has 1 amide bonds. The number of hydrogen-bond acceptors (Lipinski definition) is 7. The first-order chi connectivity index (χ1) is 16.2. The highest BCUT2D eigenvalue weighted by Gasteiger charge is 2.29. The van der Waals surface area contributed by atoms with Crippen molar-refractivity contribution in [1.82, 2.24) is 19.7 Å². The molecule has 34 heavy (non-hydrogen) atoms. The van der Waals surface area contributed by atoms with Crippen molar-refractivity contribution in [2.45, 2.75) is 33.3 Å². The van der Waals surface area contributed by atoms with Gasteiger partial charge in [0.15, 0.2) is 5.69 Å². The Labute approximate surface area is 206 Å². The van der Waals surface area contributed by atoms with Crippen LogP contribution in [0, 0.1) is 0 Å². The molecule has 9 nitrogen and oxygen atoms in total. The minimum atomic E-state index is -0.533. The lowest BCUT2D eigenvalue weighted by molar-refractivity contribution is 0.0240. The van der Waals surface area contributed by atoms with Gasteiger partial charge in [0.2, 0.25) is 0 Å². The third-order valence-corrected chi connectivity index (χ3v) is 5.88. The zero-order chi connectivity index (χ0) is 24.5. The molecule has 180 valence electrons. The van der Waals surface area contributed by atoms with Crippen LogP contribution in [0.25, 0.3) is 16.7 Å². The summed E-state index contributed by atoms with van der Waals surface area (Å²) < 4.78 is 13.3. The smallest absolute Gasteiger partial charge is 0.410 e. The van der Waals surface area contributed by atoms with Gasteiger partial charge < -0.3 is 19.3 Å². The predicted octanol–water partition coefficient (Wildman–Crippen LogP) is 4.42. The van der Waals surface area contributed by atoms with Crippen molar-refractivity contribution in [2.24, 2.45) is 0 Å². The summed E-state index contributed by atoms with van der Waals surface area (Å²) in [5, 5.41) is 4.78. The molecule has 4 rings (SSSR count). The van der Waals surface area contributed by atoms with E-state index in [0.29, 0.717) is 37.2 Å². The third-order valence-electron chi connectivity index (χ3n) is 5.35. The third kappa shape index (κ3) is 5.01. The number of hydrogen-bond donors (Lipinski definition) is 0. The van der Waals surface area contributed by atoms with Gasteiger partial charge in [-0.15, -0.1) is 0 Å². The second-order valence-electron chi connectivity index (χ2n) is 8.94. The van der Waals surface area contributed by atoms with Crippen molar-refractivity contribution in [2.75, 3.05) is 37.7 Å². The van der Waals surface area contributed by atoms with Gasteiger partial charge in [-0.1, -0.05) is 15.9 Å². The number of anilines is 1. The second-order valence-corrected chi connectivity index (χ2v) is 9.85. The average Bonchev–Trinajstić information content (AvgIpc) is 3.18. The first kappa shape index (κ1) is 24.0. The molecule has 1 aromatic carbocycles. The maximum atomic E-state index is 12.9. The molecule has 0 unspecified atom stereocenters. The number of esters is 1. The molecule has 0 aliphatic carbocycles. The Morgan fingerprint density at radius 1 is 1.03 bits per heavy atom. The number of nitrogens with zero attached hydrogens (tertiary/aromatic N) is 5. The highest BCUT2D eigenvalue weighted by molar-refractivity contribution is 9.10. The Morgan fingerprint density at radius 3 is 2.32 bits per heavy atom. The van der Waals surface area contributed by atoms with Crippen LogP contribution < -0.4 is 4.90 Å². The predicted molar refractivity (Wildman–Crippen MR) is 133 cm³/mol. The number of rotatable bonds is 4. The molecule has 1 aliphatic heterocycles. The molecule has 0 N–H and O–H groups in total. The van der Waals surface area contributed by atoms with Crippen molar-refractivity contribution in [1.29, 1.82) is 0 Å². The second kappa shape index (κ2) is 9.61. The fourth-order valence-electron chi connectivity index (χ4n) is 3.83. The Kier molecular flexibility index (Phi) is 6.79. The molecule has 0 bridgehead atoms. The Balaban J connectivity index is 1.67. The number of fused-ring (bicyclic) bond motifs is 1. The molecule has 3 aromatic rings. The van der Waals surface area contributed by atoms with E-state index in [2.05, 4.69) is 25.8 Å². The molecular formula is C24H28BrN5O4. The van der Waals surface area contributed by atoms with E-state index in [1.54, 1.807) is 22.7 Å². The molecule has 10 heteroatoms. The number of pyridine rings is 1. The summed E-state index contributed by atoms with van der Waals surface area (Å²) in [5.41, 5.74) is 2.43. The maximum Gasteiger partial charge on any atom is 0.410 e. The maximum absolute atomic E-state index is 12.9. The molecule has 0 atom stereocenters. The van der Waals surface area contributed by atoms with Crippen molar-refractivity contribution in [3.05, 3.63) is 46.7 Å². The lowest BCUT2D eigenvalue weighted by Crippen LogP contribution is -2.50. The molecular weight excluding hydrogens is 502 g/mol. The fourth-order valence-corrected chi connectivity index (χ4v) is 4.09. The number of carbonyl (C=O) groups excluding carboxylic acids is 2. The van der Waals surface area contributed by atoms with E-state index in [9.17, 15) is 9.59 Å². The first-order valence-corrected chi connectivity index (χ1v) is 12.0. The van der Waals surface area contributed by atoms with Crippen LogP contribution in [0.4, 0.5) is 10.5 Å². The summed E-state index contributed by atoms with van der Waals surface area (Å²) in [6, 6.07) is 9.41. The monoisotopic (exact) mass is 529 g/mol. The molecule has 3 heterocycles. The van der Waals surface area contributed by atoms with E-state index in [1.165, 1.54) is 0 Å². The number of aromatic nitrogens is 3. The van der Waals surface area contributed by atoms with Gasteiger partial charge in [0.05, 0.1) is 18.0 Å². The van der Waals surface area contributed by atoms with Crippen LogP contribution in [0.3, 0.4) is 0 Å². The fraction of sp³-hybridized carbons (Fsp3) is 0.417. The number of halogens is 1. The van der Waals surface area contributed by atoms with Crippen molar-refractivity contribution >= 4 is 44.7 Å². The number of ether oxygens (including phenoxy) is 2. The van der Waals surface area contributed by atoms with E-state index in [-0.39, 0.29) is 18.4 Å². The van der Waals surface area contributed by atoms with Crippen LogP contribution in [-0.2, 0) is 9.47 Å². The van der Waals surface area contributed by atoms with Crippen LogP contribution in [0.15, 0.2) is 41.0 Å². The van der Waals surface area contributed by atoms with E-state index in [4.69, 9.17) is 14.6 Å². The van der Waals surface area contributed by atoms with Gasteiger partial charge in [-0.2, -0.15) is 5.10 Å². The summed E-state index contributed by atoms with van der Waals surface area (Å²) >= 11 is 3.44. The summed E-state index contributed by atoms with van der Waals surface area (Å²) in [5.74, 6) is -0.479. The lowest BCUT2D eigenvalue weighted by atomic mass is 10.2. The highest BCUT2D eigenvalue weighted by Crippen LogP contribution is 2.30. The van der Waals surface area contributed by atoms with Gasteiger partial charge in [-0.3, -0.25) is 4.98 Å². The number of amides is 1. The zero-order valence-corrected chi connectivity index (χ0v) is 21.3. The van der Waals surface area contributed by atoms with Crippen molar-refractivity contribution in [3.63, 3.8) is 0 Å². The van der Waals surface area contributed by atoms with E-state index < -0.39 is 11.6 Å². The molecule has 2 aromatic heterocycles. The number of piperazine rings is 1. The van der Waals surface area contributed by atoms with E-state index in [1.807, 2.05) is 51.1 Å². The molecule has 1 aliphatic rings. The normalized spacial score (nSPS) is 14.4. The average molecular weight is 530 g/mol. The Morgan fingerprint density at radius 2 is 1.71 bits per heavy atom. The summed E-state index contributed by atoms with van der Waals surface area (Å²) in [7, 11) is 0. The van der Waals surface area contributed by atoms with Crippen LogP contribution in [0.5, 0.6) is 0 Å². The van der Waals surface area contributed by atoms with Crippen LogP contribution in [0.2, 0.25) is 0 Å². The molecule has 1 fully saturated rings. The molecule has 0 saturated carbocycles. The van der Waals surface area contributed by atoms with Gasteiger partial charge in [0.1, 0.15) is 16.6 Å². The minimum absolute atomic E-state index is 0.248. The SMILES string of the molecule is CCOC(=O)c1c2nccc(N3CCN(C(=O)OC(C)(C)C)CC3)c2nn1-c1ccc(Br)cc1. The quantitative estimate of drug-likeness (QED) is 0.462. The summed E-state index contributed by atoms with van der Waals surface area (Å²) in [6.07, 6.45) is 1.37. The van der Waals surface area contributed by atoms with Gasteiger partial charge >= 0.3 is 12.1 Å². The summed E-state index contributed by atoms with van der Waals surface area (Å²) in [4.78, 5) is 33.7. The van der Waals surface area contributed by atoms with E-state index in [0.717, 1.165) is 15.8 Å². The topological polar surface area (TPSA) is 89.8 Å². The molecule has 1 saturated heterocycles. The highest BCUT2D eigenvalue weighted by atomic mass is 79.9. The van der Waals surface area contributed by atoms with Crippen molar-refractivity contribution in [3.8, 4) is 5.69 Å². The van der Waals surface area contributed by atoms with Crippen molar-refractivity contribution < 1.29 is 19.1 Å². The lowest BCUT2D eigenvalue weighted by Gasteiger charge is -2.36. The standard InChI is InChI=1S/C24H28BrN5O4/c1-5-33-22(31)21-20-19(27-30(21)17-8-6-16(25)7-9-17)18(10-11-26-20)28-12-14-29(15-13-28)23(32)34-24(2,3)4/h6-11H,5,12-15H2,1-4H3. The van der Waals surface area contributed by atoms with Gasteiger partial charge in [0, 0.05) is 36.8 Å². The Hall–Kier alpha value is -3.14. The Bertz CT molecular complexity index is 1190. The van der Waals surface area contributed by atoms with E-state index >= 15 is 0 Å². The molecule has 0 radical (unpaired) electrons. The largest absolute Gasteiger partial charge is 0.461 e. The van der Waals surface area contributed by atoms with Crippen LogP contribution in [-0.4, -0.2) is 70.1 Å². The number of benzene rings is 1. The van der Waals surface area contributed by atoms with Crippen LogP contribution in [0.1, 0.15) is 38.2 Å². The van der Waals surface area contributed by atoms with Gasteiger partial charge in [0.25, 0.3) is 0 Å². The zero-order valence-electron chi connectivity index (χ0n) is 19.7. The number of carbonyl (C=O) groups is 2. The van der Waals surface area contributed by atoms with Gasteiger partial charge in [-0.25, -0.2) is 14.3 Å². The minimum Gasteiger partial charge on any atom is -0.461 e. The van der Waals surface area contributed by atoms with Gasteiger partial charge in [-0.05, 0) is 58.0 Å². The molecule has 0 spiro atoms. The van der Waals surface area contributed by atoms with Crippen LogP contribution >= 0.6 is 15.9 Å². The summed E-state index contributed by atoms with van der Waals surface area (Å²) in [6.45, 7) is 9.86.